The minimum absolute atomic E-state index is 0.271. The summed E-state index contributed by atoms with van der Waals surface area (Å²) in [5.74, 6) is 1.38. The first kappa shape index (κ1) is 12.4. The van der Waals surface area contributed by atoms with Gasteiger partial charge < -0.3 is 0 Å². The van der Waals surface area contributed by atoms with E-state index in [9.17, 15) is 4.79 Å². The van der Waals surface area contributed by atoms with Gasteiger partial charge in [0.2, 0.25) is 0 Å². The van der Waals surface area contributed by atoms with Gasteiger partial charge in [0.15, 0.2) is 5.78 Å². The molecule has 0 saturated heterocycles. The Morgan fingerprint density at radius 2 is 1.54 bits per heavy atom. The van der Waals surface area contributed by atoms with Crippen LogP contribution in [-0.4, -0.2) is 5.78 Å². The van der Waals surface area contributed by atoms with Gasteiger partial charge in [0.1, 0.15) is 0 Å². The highest BCUT2D eigenvalue weighted by Gasteiger charge is 2.03. The molecule has 0 N–H and O–H groups in total. The molecule has 0 amide bonds. The molecule has 13 heavy (non-hydrogen) atoms. The fraction of sp³-hybridized carbons (Fsp3) is 0.750. The van der Waals surface area contributed by atoms with Crippen LogP contribution in [0.2, 0.25) is 0 Å². The van der Waals surface area contributed by atoms with Crippen LogP contribution in [0.15, 0.2) is 11.6 Å². The molecular formula is C12H22O. The summed E-state index contributed by atoms with van der Waals surface area (Å²) in [7, 11) is 0. The van der Waals surface area contributed by atoms with Gasteiger partial charge in [0, 0.05) is 6.42 Å². The molecule has 0 unspecified atom stereocenters. The van der Waals surface area contributed by atoms with Crippen molar-refractivity contribution in [2.45, 2.75) is 47.5 Å². The van der Waals surface area contributed by atoms with Gasteiger partial charge in [-0.1, -0.05) is 33.3 Å². The minimum atomic E-state index is 0.271. The maximum absolute atomic E-state index is 11.4. The Bertz CT molecular complexity index is 187. The molecule has 0 fully saturated rings. The number of hydrogen-bond acceptors (Lipinski definition) is 1. The summed E-state index contributed by atoms with van der Waals surface area (Å²) in [6.45, 7) is 10.5. The van der Waals surface area contributed by atoms with E-state index >= 15 is 0 Å². The van der Waals surface area contributed by atoms with Gasteiger partial charge in [0.05, 0.1) is 0 Å². The number of allylic oxidation sites excluding steroid dienone is 2. The maximum atomic E-state index is 11.4. The lowest BCUT2D eigenvalue weighted by Gasteiger charge is -2.05. The van der Waals surface area contributed by atoms with Crippen LogP contribution >= 0.6 is 0 Å². The van der Waals surface area contributed by atoms with E-state index in [0.29, 0.717) is 18.3 Å². The Balaban J connectivity index is 3.99. The summed E-state index contributed by atoms with van der Waals surface area (Å²) in [5, 5.41) is 0. The first-order chi connectivity index (χ1) is 5.91. The zero-order chi connectivity index (χ0) is 10.4. The molecular weight excluding hydrogens is 160 g/mol. The molecule has 0 aliphatic carbocycles. The van der Waals surface area contributed by atoms with E-state index in [0.717, 1.165) is 6.42 Å². The summed E-state index contributed by atoms with van der Waals surface area (Å²) in [6.07, 6.45) is 3.51. The molecule has 0 heterocycles. The molecule has 0 aromatic carbocycles. The summed E-state index contributed by atoms with van der Waals surface area (Å²) in [5.41, 5.74) is 1.21. The lowest BCUT2D eigenvalue weighted by atomic mass is 10.0. The van der Waals surface area contributed by atoms with Crippen molar-refractivity contribution in [3.63, 3.8) is 0 Å². The number of carbonyl (C=O) groups excluding carboxylic acids is 1. The number of hydrogen-bond donors (Lipinski definition) is 0. The predicted octanol–water partition coefficient (Wildman–Crippen LogP) is 3.59. The third-order valence-corrected chi connectivity index (χ3v) is 1.75. The Morgan fingerprint density at radius 3 is 1.92 bits per heavy atom. The van der Waals surface area contributed by atoms with Crippen LogP contribution in [0, 0.1) is 11.8 Å². The van der Waals surface area contributed by atoms with Crippen molar-refractivity contribution in [2.75, 3.05) is 0 Å². The molecule has 0 rings (SSSR count). The molecule has 0 bridgehead atoms. The van der Waals surface area contributed by atoms with Crippen molar-refractivity contribution in [3.05, 3.63) is 11.6 Å². The zero-order valence-corrected chi connectivity index (χ0v) is 9.55. The highest BCUT2D eigenvalue weighted by atomic mass is 16.1. The summed E-state index contributed by atoms with van der Waals surface area (Å²) in [4.78, 5) is 11.4. The van der Waals surface area contributed by atoms with Gasteiger partial charge in [-0.05, 0) is 31.3 Å². The molecule has 0 aliphatic heterocycles. The second-order valence-electron chi connectivity index (χ2n) is 4.65. The molecule has 0 aromatic heterocycles. The first-order valence-electron chi connectivity index (χ1n) is 5.11. The molecule has 1 heteroatoms. The molecule has 0 spiro atoms. The van der Waals surface area contributed by atoms with Crippen LogP contribution in [0.4, 0.5) is 0 Å². The van der Waals surface area contributed by atoms with E-state index in [1.807, 2.05) is 6.92 Å². The van der Waals surface area contributed by atoms with Gasteiger partial charge in [-0.25, -0.2) is 0 Å². The molecule has 1 nitrogen and oxygen atoms in total. The minimum Gasteiger partial charge on any atom is -0.295 e. The van der Waals surface area contributed by atoms with Crippen LogP contribution in [0.3, 0.4) is 0 Å². The number of ketones is 1. The first-order valence-corrected chi connectivity index (χ1v) is 5.11. The van der Waals surface area contributed by atoms with E-state index in [2.05, 4.69) is 27.7 Å². The molecule has 0 aliphatic rings. The van der Waals surface area contributed by atoms with Gasteiger partial charge in [0.25, 0.3) is 0 Å². The molecule has 0 saturated carbocycles. The van der Waals surface area contributed by atoms with E-state index in [1.54, 1.807) is 6.08 Å². The number of rotatable bonds is 5. The Morgan fingerprint density at radius 1 is 1.08 bits per heavy atom. The summed E-state index contributed by atoms with van der Waals surface area (Å²) >= 11 is 0. The monoisotopic (exact) mass is 182 g/mol. The van der Waals surface area contributed by atoms with Crippen LogP contribution < -0.4 is 0 Å². The Labute approximate surface area is 82.2 Å². The SMILES string of the molecule is CC(=CC(=O)CC(C)C)CC(C)C. The van der Waals surface area contributed by atoms with Gasteiger partial charge in [-0.15, -0.1) is 0 Å². The van der Waals surface area contributed by atoms with Crippen molar-refractivity contribution < 1.29 is 4.79 Å². The fourth-order valence-corrected chi connectivity index (χ4v) is 1.44. The Kier molecular flexibility index (Phi) is 5.68. The van der Waals surface area contributed by atoms with Crippen molar-refractivity contribution >= 4 is 5.78 Å². The van der Waals surface area contributed by atoms with Crippen molar-refractivity contribution in [1.29, 1.82) is 0 Å². The van der Waals surface area contributed by atoms with Crippen LogP contribution in [-0.2, 0) is 4.79 Å². The molecule has 76 valence electrons. The second kappa shape index (κ2) is 5.95. The van der Waals surface area contributed by atoms with Gasteiger partial charge in [-0.3, -0.25) is 4.79 Å². The lowest BCUT2D eigenvalue weighted by molar-refractivity contribution is -0.115. The summed E-state index contributed by atoms with van der Waals surface area (Å²) < 4.78 is 0. The standard InChI is InChI=1S/C12H22O/c1-9(2)6-11(5)8-12(13)7-10(3)4/h8-10H,6-7H2,1-5H3. The average molecular weight is 182 g/mol. The largest absolute Gasteiger partial charge is 0.295 e. The predicted molar refractivity (Wildman–Crippen MR) is 57.7 cm³/mol. The fourth-order valence-electron chi connectivity index (χ4n) is 1.44. The van der Waals surface area contributed by atoms with Crippen LogP contribution in [0.1, 0.15) is 47.5 Å². The molecule has 0 radical (unpaired) electrons. The van der Waals surface area contributed by atoms with Gasteiger partial charge in [-0.2, -0.15) is 0 Å². The molecule has 0 aromatic rings. The van der Waals surface area contributed by atoms with E-state index < -0.39 is 0 Å². The van der Waals surface area contributed by atoms with Crippen LogP contribution in [0.25, 0.3) is 0 Å². The normalized spacial score (nSPS) is 12.7. The van der Waals surface area contributed by atoms with Crippen molar-refractivity contribution in [1.82, 2.24) is 0 Å². The van der Waals surface area contributed by atoms with E-state index in [4.69, 9.17) is 0 Å². The highest BCUT2D eigenvalue weighted by molar-refractivity contribution is 5.90. The smallest absolute Gasteiger partial charge is 0.155 e. The van der Waals surface area contributed by atoms with Crippen molar-refractivity contribution in [3.8, 4) is 0 Å². The average Bonchev–Trinajstić information content (AvgIpc) is 1.80. The highest BCUT2D eigenvalue weighted by Crippen LogP contribution is 2.11. The summed E-state index contributed by atoms with van der Waals surface area (Å²) in [6, 6.07) is 0. The maximum Gasteiger partial charge on any atom is 0.155 e. The lowest BCUT2D eigenvalue weighted by Crippen LogP contribution is -2.00. The quantitative estimate of drug-likeness (QED) is 0.594. The van der Waals surface area contributed by atoms with E-state index in [1.165, 1.54) is 5.57 Å². The van der Waals surface area contributed by atoms with Crippen molar-refractivity contribution in [2.24, 2.45) is 11.8 Å². The van der Waals surface area contributed by atoms with Crippen LogP contribution in [0.5, 0.6) is 0 Å². The topological polar surface area (TPSA) is 17.1 Å². The Hall–Kier alpha value is -0.590. The third-order valence-electron chi connectivity index (χ3n) is 1.75. The number of carbonyl (C=O) groups is 1. The second-order valence-corrected chi connectivity index (χ2v) is 4.65. The third kappa shape index (κ3) is 7.76. The zero-order valence-electron chi connectivity index (χ0n) is 9.55. The van der Waals surface area contributed by atoms with Gasteiger partial charge >= 0.3 is 0 Å². The molecule has 0 atom stereocenters. The van der Waals surface area contributed by atoms with E-state index in [-0.39, 0.29) is 5.78 Å².